The predicted molar refractivity (Wildman–Crippen MR) is 257 cm³/mol. The minimum absolute atomic E-state index is 0.00344. The van der Waals surface area contributed by atoms with Crippen molar-refractivity contribution in [3.63, 3.8) is 0 Å². The molecule has 0 aromatic heterocycles. The molecule has 0 aromatic rings. The van der Waals surface area contributed by atoms with Crippen molar-refractivity contribution >= 4 is 72.2 Å². The van der Waals surface area contributed by atoms with E-state index in [1.165, 1.54) is 0 Å². The van der Waals surface area contributed by atoms with Crippen LogP contribution in [0.3, 0.4) is 0 Å². The van der Waals surface area contributed by atoms with E-state index in [-0.39, 0.29) is 120 Å². The third-order valence-electron chi connectivity index (χ3n) is 10.8. The summed E-state index contributed by atoms with van der Waals surface area (Å²) in [5.41, 5.74) is 11.5. The summed E-state index contributed by atoms with van der Waals surface area (Å²) in [6.45, 7) is 5.00. The summed E-state index contributed by atoms with van der Waals surface area (Å²) in [4.78, 5) is 130. The number of likely N-dealkylation sites (N-methyl/N-ethyl adjacent to an activating group) is 1. The maximum Gasteiger partial charge on any atom is 0.356 e. The highest BCUT2D eigenvalue weighted by Crippen LogP contribution is 2.51. The normalized spacial score (nSPS) is 15.6. The first kappa shape index (κ1) is 64.3. The van der Waals surface area contributed by atoms with Crippen LogP contribution in [-0.2, 0) is 66.7 Å². The average molecular weight is 1040 g/mol. The number of nitrogens with one attached hydrogen (secondary N) is 4. The number of ketones is 3. The number of aliphatic hydroxyl groups is 1. The first-order valence-electron chi connectivity index (χ1n) is 23.8. The summed E-state index contributed by atoms with van der Waals surface area (Å²) in [5.74, 6) is -3.72. The lowest BCUT2D eigenvalue weighted by molar-refractivity contribution is -0.141. The summed E-state index contributed by atoms with van der Waals surface area (Å²) in [5, 5.41) is 17.7. The Morgan fingerprint density at radius 1 is 0.729 bits per heavy atom. The van der Waals surface area contributed by atoms with E-state index in [2.05, 4.69) is 21.3 Å². The molecule has 1 aliphatic rings. The Labute approximate surface area is 414 Å². The molecule has 1 saturated heterocycles. The molecule has 2 unspecified atom stereocenters. The number of Topliss-reactive ketones (excluding diaryl/α,β-unsaturated/α-hetero) is 3. The third kappa shape index (κ3) is 30.2. The Morgan fingerprint density at radius 2 is 1.29 bits per heavy atom. The lowest BCUT2D eigenvalue weighted by Crippen LogP contribution is -2.45. The molecule has 26 heteroatoms. The maximum atomic E-state index is 12.8. The molecule has 0 bridgehead atoms. The zero-order chi connectivity index (χ0) is 52.4. The summed E-state index contributed by atoms with van der Waals surface area (Å²) in [6, 6.07) is -2.00. The highest BCUT2D eigenvalue weighted by molar-refractivity contribution is 8.00. The van der Waals surface area contributed by atoms with Gasteiger partial charge in [-0.3, -0.25) is 52.6 Å². The number of primary amides is 1. The van der Waals surface area contributed by atoms with Gasteiger partial charge in [-0.15, -0.1) is 11.8 Å². The van der Waals surface area contributed by atoms with Crippen LogP contribution < -0.4 is 32.7 Å². The van der Waals surface area contributed by atoms with Crippen LogP contribution in [0.4, 0.5) is 0 Å². The number of carbonyl (C=O) groups is 9. The number of hydrogen-bond acceptors (Lipinski definition) is 18. The van der Waals surface area contributed by atoms with E-state index in [0.29, 0.717) is 71.7 Å². The Hall–Kier alpha value is -3.75. The highest BCUT2D eigenvalue weighted by Gasteiger charge is 2.41. The van der Waals surface area contributed by atoms with Crippen molar-refractivity contribution in [3.05, 3.63) is 0 Å². The molecule has 6 amide bonds. The SMILES string of the molecule is CNCCOCCOCCCC(=O)CCC(=O)NCCOCCOCCCC(=O)CCC(=O)N[C@@H](CCCCNC(=O)[C@H](N)CSC1CC(=O)N(CC(=O)CCCCC(C)(O)P(=O)(O)O)C1=O)C(N)=O. The van der Waals surface area contributed by atoms with Crippen molar-refractivity contribution in [1.29, 1.82) is 0 Å². The molecule has 0 aromatic carbocycles. The Balaban J connectivity index is 2.12. The van der Waals surface area contributed by atoms with Crippen LogP contribution in [0.15, 0.2) is 0 Å². The van der Waals surface area contributed by atoms with Crippen LogP contribution in [0.25, 0.3) is 0 Å². The molecule has 0 radical (unpaired) electrons. The smallest absolute Gasteiger partial charge is 0.356 e. The molecule has 1 heterocycles. The topological polar surface area (TPSA) is 372 Å². The standard InChI is InChI=1S/C44H78N7O17PS/c1-44(61,69(62,63)64)17-5-3-9-34(54)30-51-40(57)29-37(43(51)60)70-31-35(45)42(59)49-18-6-4-12-36(41(46)58)50-39(56)16-14-33(53)11-8-22-66-26-28-68-24-20-48-38(55)15-13-32(52)10-7-21-65-25-27-67-23-19-47-2/h35-37,47,61H,3-31,45H2,1-2H3,(H2,46,58)(H,48,55)(H,49,59)(H,50,56)(H2,62,63,64)/t35-,36+,37?,44?/m1/s1. The number of hydrogen-bond donors (Lipinski definition) is 9. The second-order valence-corrected chi connectivity index (χ2v) is 20.2. The van der Waals surface area contributed by atoms with Crippen LogP contribution in [0.2, 0.25) is 0 Å². The second-order valence-electron chi connectivity index (χ2n) is 17.0. The van der Waals surface area contributed by atoms with Gasteiger partial charge in [0.2, 0.25) is 35.4 Å². The van der Waals surface area contributed by atoms with E-state index in [1.54, 1.807) is 0 Å². The molecule has 1 aliphatic heterocycles. The van der Waals surface area contributed by atoms with Gasteiger partial charge in [0.25, 0.3) is 0 Å². The van der Waals surface area contributed by atoms with Gasteiger partial charge in [0.1, 0.15) is 17.6 Å². The Morgan fingerprint density at radius 3 is 1.86 bits per heavy atom. The average Bonchev–Trinajstić information content (AvgIpc) is 3.56. The van der Waals surface area contributed by atoms with Crippen molar-refractivity contribution in [1.82, 2.24) is 26.2 Å². The van der Waals surface area contributed by atoms with Gasteiger partial charge in [0.05, 0.1) is 57.5 Å². The highest BCUT2D eigenvalue weighted by atomic mass is 32.2. The van der Waals surface area contributed by atoms with Crippen molar-refractivity contribution in [2.75, 3.05) is 91.8 Å². The van der Waals surface area contributed by atoms with Gasteiger partial charge >= 0.3 is 7.60 Å². The molecule has 0 spiro atoms. The minimum Gasteiger partial charge on any atom is -0.379 e. The molecule has 1 rings (SSSR count). The van der Waals surface area contributed by atoms with Crippen LogP contribution in [-0.4, -0.2) is 187 Å². The summed E-state index contributed by atoms with van der Waals surface area (Å²) in [7, 11) is -2.90. The molecular formula is C44H78N7O17PS. The van der Waals surface area contributed by atoms with Gasteiger partial charge in [-0.2, -0.15) is 0 Å². The molecule has 402 valence electrons. The van der Waals surface area contributed by atoms with E-state index in [0.717, 1.165) is 30.1 Å². The summed E-state index contributed by atoms with van der Waals surface area (Å²) < 4.78 is 33.0. The van der Waals surface area contributed by atoms with Crippen LogP contribution in [0.5, 0.6) is 0 Å². The molecule has 24 nitrogen and oxygen atoms in total. The van der Waals surface area contributed by atoms with Gasteiger partial charge in [-0.05, 0) is 65.3 Å². The fourth-order valence-electron chi connectivity index (χ4n) is 6.46. The minimum atomic E-state index is -4.75. The number of thioether (sulfide) groups is 1. The number of amides is 6. The van der Waals surface area contributed by atoms with Gasteiger partial charge in [0, 0.05) is 90.0 Å². The van der Waals surface area contributed by atoms with E-state index in [4.69, 9.17) is 30.4 Å². The van der Waals surface area contributed by atoms with Crippen LogP contribution >= 0.6 is 19.4 Å². The Kier molecular flexibility index (Phi) is 34.0. The number of ether oxygens (including phenoxy) is 4. The van der Waals surface area contributed by atoms with E-state index in [1.807, 2.05) is 7.05 Å². The third-order valence-corrected chi connectivity index (χ3v) is 13.6. The molecule has 11 N–H and O–H groups in total. The number of nitrogens with zero attached hydrogens (tertiary/aromatic N) is 1. The number of nitrogens with two attached hydrogens (primary N) is 2. The monoisotopic (exact) mass is 1040 g/mol. The number of unbranched alkanes of at least 4 members (excludes halogenated alkanes) is 2. The van der Waals surface area contributed by atoms with Crippen molar-refractivity contribution in [3.8, 4) is 0 Å². The molecule has 70 heavy (non-hydrogen) atoms. The largest absolute Gasteiger partial charge is 0.379 e. The van der Waals surface area contributed by atoms with Crippen molar-refractivity contribution < 1.29 is 81.6 Å². The zero-order valence-corrected chi connectivity index (χ0v) is 42.5. The molecule has 0 aliphatic carbocycles. The zero-order valence-electron chi connectivity index (χ0n) is 40.8. The Bertz CT molecular complexity index is 1710. The van der Waals surface area contributed by atoms with Crippen molar-refractivity contribution in [2.24, 2.45) is 11.5 Å². The first-order chi connectivity index (χ1) is 33.2. The van der Waals surface area contributed by atoms with Crippen LogP contribution in [0, 0.1) is 0 Å². The van der Waals surface area contributed by atoms with Crippen molar-refractivity contribution in [2.45, 2.75) is 132 Å². The van der Waals surface area contributed by atoms with Gasteiger partial charge in [-0.1, -0.05) is 0 Å². The first-order valence-corrected chi connectivity index (χ1v) is 26.5. The van der Waals surface area contributed by atoms with Gasteiger partial charge in [0.15, 0.2) is 11.1 Å². The molecule has 4 atom stereocenters. The van der Waals surface area contributed by atoms with E-state index >= 15 is 0 Å². The van der Waals surface area contributed by atoms with E-state index in [9.17, 15) is 62.6 Å². The van der Waals surface area contributed by atoms with E-state index < -0.39 is 72.1 Å². The molecular weight excluding hydrogens is 962 g/mol. The number of imide groups is 1. The quantitative estimate of drug-likeness (QED) is 0.0203. The molecule has 1 fully saturated rings. The van der Waals surface area contributed by atoms with Gasteiger partial charge in [-0.25, -0.2) is 0 Å². The number of carbonyl (C=O) groups excluding carboxylic acids is 9. The predicted octanol–water partition coefficient (Wildman–Crippen LogP) is -0.892. The van der Waals surface area contributed by atoms with Gasteiger partial charge < -0.3 is 66.6 Å². The summed E-state index contributed by atoms with van der Waals surface area (Å²) in [6.07, 6.45) is 2.53. The summed E-state index contributed by atoms with van der Waals surface area (Å²) >= 11 is 1.01. The van der Waals surface area contributed by atoms with Crippen LogP contribution in [0.1, 0.15) is 110 Å². The fraction of sp³-hybridized carbons (Fsp3) is 0.795. The maximum absolute atomic E-state index is 12.8. The molecule has 0 saturated carbocycles. The fourth-order valence-corrected chi connectivity index (χ4v) is 8.03. The number of rotatable bonds is 45. The lowest BCUT2D eigenvalue weighted by Gasteiger charge is -2.24. The lowest BCUT2D eigenvalue weighted by atomic mass is 10.1. The second kappa shape index (κ2) is 37.1. The number of likely N-dealkylation sites (tertiary alicyclic amines) is 1.